The van der Waals surface area contributed by atoms with Crippen LogP contribution in [0.4, 0.5) is 0 Å². The van der Waals surface area contributed by atoms with E-state index in [1.807, 2.05) is 24.3 Å². The largest absolute Gasteiger partial charge is 0.454 e. The van der Waals surface area contributed by atoms with E-state index in [0.717, 1.165) is 77.2 Å². The zero-order valence-corrected chi connectivity index (χ0v) is 32.5. The Bertz CT molecular complexity index is 3470. The summed E-state index contributed by atoms with van der Waals surface area (Å²) in [6.07, 6.45) is 0. The molecule has 59 heavy (non-hydrogen) atoms. The van der Waals surface area contributed by atoms with Crippen molar-refractivity contribution >= 4 is 43.7 Å². The molecule has 5 heteroatoms. The van der Waals surface area contributed by atoms with E-state index in [2.05, 4.69) is 176 Å². The van der Waals surface area contributed by atoms with Crippen molar-refractivity contribution in [3.63, 3.8) is 0 Å². The van der Waals surface area contributed by atoms with Crippen molar-refractivity contribution < 1.29 is 4.42 Å². The highest BCUT2D eigenvalue weighted by Gasteiger charge is 2.35. The molecule has 0 spiro atoms. The summed E-state index contributed by atoms with van der Waals surface area (Å²) in [7, 11) is 0. The van der Waals surface area contributed by atoms with Gasteiger partial charge in [-0.2, -0.15) is 0 Å². The smallest absolute Gasteiger partial charge is 0.164 e. The first-order valence-electron chi connectivity index (χ1n) is 20.1. The summed E-state index contributed by atoms with van der Waals surface area (Å²) in [5.41, 5.74) is 15.1. The van der Waals surface area contributed by atoms with E-state index in [1.165, 1.54) is 22.3 Å². The summed E-state index contributed by atoms with van der Waals surface area (Å²) in [6, 6.07) is 64.1. The van der Waals surface area contributed by atoms with Gasteiger partial charge in [-0.1, -0.05) is 147 Å². The van der Waals surface area contributed by atoms with Gasteiger partial charge in [0.15, 0.2) is 23.1 Å². The van der Waals surface area contributed by atoms with Gasteiger partial charge in [-0.3, -0.25) is 0 Å². The van der Waals surface area contributed by atoms with E-state index in [-0.39, 0.29) is 5.41 Å². The van der Waals surface area contributed by atoms with Crippen LogP contribution in [0, 0.1) is 0 Å². The molecule has 12 rings (SSSR count). The molecule has 0 radical (unpaired) electrons. The summed E-state index contributed by atoms with van der Waals surface area (Å²) in [5, 5.41) is 4.44. The van der Waals surface area contributed by atoms with E-state index in [1.54, 1.807) is 0 Å². The molecule has 0 N–H and O–H groups in total. The quantitative estimate of drug-likeness (QED) is 0.175. The Morgan fingerprint density at radius 1 is 0.407 bits per heavy atom. The predicted molar refractivity (Wildman–Crippen MR) is 241 cm³/mol. The Hall–Kier alpha value is -7.63. The third-order valence-corrected chi connectivity index (χ3v) is 12.3. The van der Waals surface area contributed by atoms with Crippen LogP contribution in [0.5, 0.6) is 0 Å². The summed E-state index contributed by atoms with van der Waals surface area (Å²) < 4.78 is 9.11. The number of hydrogen-bond acceptors (Lipinski definition) is 4. The van der Waals surface area contributed by atoms with Crippen molar-refractivity contribution in [2.45, 2.75) is 19.3 Å². The van der Waals surface area contributed by atoms with Crippen LogP contribution in [0.1, 0.15) is 25.0 Å². The van der Waals surface area contributed by atoms with Gasteiger partial charge in [0, 0.05) is 43.7 Å². The number of aromatic nitrogens is 4. The van der Waals surface area contributed by atoms with E-state index in [9.17, 15) is 0 Å². The van der Waals surface area contributed by atoms with Gasteiger partial charge in [0.1, 0.15) is 5.58 Å². The maximum absolute atomic E-state index is 6.78. The number of para-hydroxylation sites is 2. The minimum Gasteiger partial charge on any atom is -0.454 e. The molecule has 0 amide bonds. The number of furan rings is 1. The highest BCUT2D eigenvalue weighted by molar-refractivity contribution is 6.13. The van der Waals surface area contributed by atoms with E-state index < -0.39 is 0 Å². The summed E-state index contributed by atoms with van der Waals surface area (Å²) in [4.78, 5) is 15.5. The molecule has 0 saturated heterocycles. The Morgan fingerprint density at radius 2 is 1.02 bits per heavy atom. The lowest BCUT2D eigenvalue weighted by atomic mass is 9.82. The van der Waals surface area contributed by atoms with Crippen molar-refractivity contribution in [3.8, 4) is 62.1 Å². The fourth-order valence-electron chi connectivity index (χ4n) is 9.34. The summed E-state index contributed by atoms with van der Waals surface area (Å²) in [6.45, 7) is 4.61. The predicted octanol–water partition coefficient (Wildman–Crippen LogP) is 13.8. The average molecular weight is 757 g/mol. The maximum atomic E-state index is 6.78. The molecular formula is C54H36N4O. The van der Waals surface area contributed by atoms with Crippen LogP contribution in [0.3, 0.4) is 0 Å². The summed E-state index contributed by atoms with van der Waals surface area (Å²) in [5.74, 6) is 1.92. The van der Waals surface area contributed by atoms with Crippen LogP contribution in [0.2, 0.25) is 0 Å². The SMILES string of the molecule is CC1(C)c2ccccc2-c2ccc(-c3nc(-c4ccccc4)nc(-c4ccc5c(c4)c4ccccc4n5-c4cccc5c4oc4cc(-c6ccccc6)ccc45)n3)cc21. The zero-order chi connectivity index (χ0) is 39.2. The molecule has 0 unspecified atom stereocenters. The lowest BCUT2D eigenvalue weighted by Gasteiger charge is -2.21. The Morgan fingerprint density at radius 3 is 1.83 bits per heavy atom. The lowest BCUT2D eigenvalue weighted by molar-refractivity contribution is 0.660. The molecule has 0 atom stereocenters. The third-order valence-electron chi connectivity index (χ3n) is 12.3. The third kappa shape index (κ3) is 5.14. The van der Waals surface area contributed by atoms with E-state index in [4.69, 9.17) is 19.4 Å². The zero-order valence-electron chi connectivity index (χ0n) is 32.5. The normalized spacial score (nSPS) is 13.1. The molecule has 0 bridgehead atoms. The van der Waals surface area contributed by atoms with Crippen molar-refractivity contribution in [1.82, 2.24) is 19.5 Å². The molecule has 0 aliphatic heterocycles. The van der Waals surface area contributed by atoms with E-state index in [0.29, 0.717) is 17.5 Å². The van der Waals surface area contributed by atoms with Crippen molar-refractivity contribution in [2.75, 3.05) is 0 Å². The highest BCUT2D eigenvalue weighted by Crippen LogP contribution is 2.49. The minimum atomic E-state index is -0.142. The van der Waals surface area contributed by atoms with Gasteiger partial charge in [-0.05, 0) is 81.9 Å². The molecule has 3 aromatic heterocycles. The number of hydrogen-bond donors (Lipinski definition) is 0. The molecule has 1 aliphatic carbocycles. The first-order valence-corrected chi connectivity index (χ1v) is 20.1. The van der Waals surface area contributed by atoms with Gasteiger partial charge in [0.2, 0.25) is 0 Å². The number of fused-ring (bicyclic) bond motifs is 9. The molecule has 0 fully saturated rings. The van der Waals surface area contributed by atoms with Crippen LogP contribution in [-0.4, -0.2) is 19.5 Å². The van der Waals surface area contributed by atoms with Gasteiger partial charge in [-0.15, -0.1) is 0 Å². The Kier molecular flexibility index (Phi) is 7.20. The molecule has 0 saturated carbocycles. The molecule has 278 valence electrons. The number of rotatable bonds is 5. The van der Waals surface area contributed by atoms with Crippen molar-refractivity contribution in [2.24, 2.45) is 0 Å². The van der Waals surface area contributed by atoms with Crippen LogP contribution in [0.25, 0.3) is 106 Å². The topological polar surface area (TPSA) is 56.7 Å². The maximum Gasteiger partial charge on any atom is 0.164 e. The van der Waals surface area contributed by atoms with Crippen LogP contribution in [0.15, 0.2) is 186 Å². The second-order valence-electron chi connectivity index (χ2n) is 16.0. The van der Waals surface area contributed by atoms with Crippen LogP contribution >= 0.6 is 0 Å². The first kappa shape index (κ1) is 33.5. The molecular weight excluding hydrogens is 721 g/mol. The van der Waals surface area contributed by atoms with Gasteiger partial charge >= 0.3 is 0 Å². The number of benzene rings is 8. The molecule has 1 aliphatic rings. The fourth-order valence-corrected chi connectivity index (χ4v) is 9.34. The van der Waals surface area contributed by atoms with Gasteiger partial charge in [-0.25, -0.2) is 15.0 Å². The summed E-state index contributed by atoms with van der Waals surface area (Å²) >= 11 is 0. The van der Waals surface area contributed by atoms with Crippen LogP contribution < -0.4 is 0 Å². The second-order valence-corrected chi connectivity index (χ2v) is 16.0. The van der Waals surface area contributed by atoms with Gasteiger partial charge < -0.3 is 8.98 Å². The highest BCUT2D eigenvalue weighted by atomic mass is 16.3. The average Bonchev–Trinajstić information content (AvgIpc) is 3.91. The molecule has 8 aromatic carbocycles. The molecule has 3 heterocycles. The monoisotopic (exact) mass is 756 g/mol. The first-order chi connectivity index (χ1) is 29.0. The fraction of sp³-hybridized carbons (Fsp3) is 0.0556. The molecule has 5 nitrogen and oxygen atoms in total. The van der Waals surface area contributed by atoms with Crippen LogP contribution in [-0.2, 0) is 5.41 Å². The second kappa shape index (κ2) is 12.7. The van der Waals surface area contributed by atoms with Gasteiger partial charge in [0.25, 0.3) is 0 Å². The lowest BCUT2D eigenvalue weighted by Crippen LogP contribution is -2.15. The Balaban J connectivity index is 1.02. The Labute approximate surface area is 340 Å². The van der Waals surface area contributed by atoms with Gasteiger partial charge in [0.05, 0.1) is 16.7 Å². The van der Waals surface area contributed by atoms with Crippen molar-refractivity contribution in [1.29, 1.82) is 0 Å². The minimum absolute atomic E-state index is 0.142. The number of nitrogens with zero attached hydrogens (tertiary/aromatic N) is 4. The molecule has 11 aromatic rings. The van der Waals surface area contributed by atoms with Crippen molar-refractivity contribution in [3.05, 3.63) is 193 Å². The van der Waals surface area contributed by atoms with E-state index >= 15 is 0 Å². The standard InChI is InChI=1S/C54H36N4O/c1-54(2)44-21-11-9-18-38(44)39-27-25-37(31-45(39)54)53-56-51(34-16-7-4-8-17-34)55-52(57-53)36-26-29-47-43(30-36)40-19-10-12-22-46(40)58(47)48-23-13-20-42-41-28-24-35(32-49(41)59-50(42)48)33-14-5-3-6-15-33/h3-32H,1-2H3.